The normalized spacial score (nSPS) is 12.1. The molecule has 1 aromatic heterocycles. The molecule has 2 aromatic carbocycles. The average molecular weight is 312 g/mol. The van der Waals surface area contributed by atoms with Crippen LogP contribution in [0.1, 0.15) is 29.0 Å². The van der Waals surface area contributed by atoms with Crippen LogP contribution in [0, 0.1) is 0 Å². The summed E-state index contributed by atoms with van der Waals surface area (Å²) in [5.41, 5.74) is 2.75. The second kappa shape index (κ2) is 6.12. The van der Waals surface area contributed by atoms with Gasteiger partial charge in [0.25, 0.3) is 0 Å². The van der Waals surface area contributed by atoms with Crippen LogP contribution in [0.2, 0.25) is 5.02 Å². The van der Waals surface area contributed by atoms with Gasteiger partial charge in [0.2, 0.25) is 0 Å². The molecule has 5 heteroatoms. The summed E-state index contributed by atoms with van der Waals surface area (Å²) in [6.07, 6.45) is 0.708. The minimum Gasteiger partial charge on any atom is -0.296 e. The third kappa shape index (κ3) is 2.53. The molecule has 0 radical (unpaired) electrons. The Kier molecular flexibility index (Phi) is 4.02. The lowest BCUT2D eigenvalue weighted by Crippen LogP contribution is -2.10. The molecule has 0 amide bonds. The molecule has 0 aliphatic rings. The van der Waals surface area contributed by atoms with Crippen LogP contribution in [0.3, 0.4) is 0 Å². The molecule has 110 valence electrons. The molecule has 3 aromatic rings. The van der Waals surface area contributed by atoms with Gasteiger partial charge in [-0.25, -0.2) is 4.68 Å². The van der Waals surface area contributed by atoms with Gasteiger partial charge in [-0.2, -0.15) is 0 Å². The molecule has 0 N–H and O–H groups in total. The van der Waals surface area contributed by atoms with E-state index < -0.39 is 0 Å². The Morgan fingerprint density at radius 1 is 1.09 bits per heavy atom. The lowest BCUT2D eigenvalue weighted by atomic mass is 10.1. The summed E-state index contributed by atoms with van der Waals surface area (Å²) in [5, 5.41) is 8.71. The summed E-state index contributed by atoms with van der Waals surface area (Å²) in [7, 11) is 0. The summed E-state index contributed by atoms with van der Waals surface area (Å²) in [4.78, 5) is 11.3. The Morgan fingerprint density at radius 2 is 1.77 bits per heavy atom. The van der Waals surface area contributed by atoms with E-state index in [1.54, 1.807) is 10.7 Å². The highest BCUT2D eigenvalue weighted by Gasteiger charge is 2.21. The molecule has 1 unspecified atom stereocenters. The van der Waals surface area contributed by atoms with E-state index in [2.05, 4.69) is 10.3 Å². The van der Waals surface area contributed by atoms with Crippen molar-refractivity contribution in [2.45, 2.75) is 13.0 Å². The molecule has 22 heavy (non-hydrogen) atoms. The topological polar surface area (TPSA) is 47.8 Å². The van der Waals surface area contributed by atoms with Crippen molar-refractivity contribution in [3.05, 3.63) is 70.9 Å². The van der Waals surface area contributed by atoms with Crippen molar-refractivity contribution in [3.8, 4) is 11.3 Å². The quantitative estimate of drug-likeness (QED) is 0.684. The Morgan fingerprint density at radius 3 is 2.45 bits per heavy atom. The predicted octanol–water partition coefficient (Wildman–Crippen LogP) is 4.02. The number of benzene rings is 2. The molecular weight excluding hydrogens is 298 g/mol. The highest BCUT2D eigenvalue weighted by Crippen LogP contribution is 2.32. The summed E-state index contributed by atoms with van der Waals surface area (Å²) in [6.45, 7) is 2.01. The van der Waals surface area contributed by atoms with Gasteiger partial charge in [0, 0.05) is 5.56 Å². The van der Waals surface area contributed by atoms with Crippen LogP contribution in [0.4, 0.5) is 0 Å². The standard InChI is InChI=1S/C17H14ClN3O/c1-12(13-7-3-2-4-8-13)21-17(16(11-22)19-20-21)14-9-5-6-10-15(14)18/h2-12H,1H3. The van der Waals surface area contributed by atoms with Crippen molar-refractivity contribution in [1.29, 1.82) is 0 Å². The highest BCUT2D eigenvalue weighted by atomic mass is 35.5. The smallest absolute Gasteiger partial charge is 0.172 e. The molecule has 0 spiro atoms. The van der Waals surface area contributed by atoms with E-state index >= 15 is 0 Å². The van der Waals surface area contributed by atoms with Crippen LogP contribution < -0.4 is 0 Å². The van der Waals surface area contributed by atoms with Gasteiger partial charge in [-0.15, -0.1) is 5.10 Å². The van der Waals surface area contributed by atoms with Crippen molar-refractivity contribution in [2.75, 3.05) is 0 Å². The number of aldehydes is 1. The minimum absolute atomic E-state index is 0.0614. The maximum Gasteiger partial charge on any atom is 0.172 e. The molecular formula is C17H14ClN3O. The molecule has 0 saturated carbocycles. The summed E-state index contributed by atoms with van der Waals surface area (Å²) in [6, 6.07) is 17.3. The zero-order valence-electron chi connectivity index (χ0n) is 12.0. The van der Waals surface area contributed by atoms with E-state index in [0.29, 0.717) is 17.0 Å². The van der Waals surface area contributed by atoms with Gasteiger partial charge in [-0.3, -0.25) is 4.79 Å². The van der Waals surface area contributed by atoms with Crippen LogP contribution in [-0.4, -0.2) is 21.3 Å². The van der Waals surface area contributed by atoms with Crippen molar-refractivity contribution >= 4 is 17.9 Å². The number of halogens is 1. The number of hydrogen-bond acceptors (Lipinski definition) is 3. The highest BCUT2D eigenvalue weighted by molar-refractivity contribution is 6.33. The first-order chi connectivity index (χ1) is 10.7. The van der Waals surface area contributed by atoms with Crippen molar-refractivity contribution < 1.29 is 4.79 Å². The number of nitrogens with zero attached hydrogens (tertiary/aromatic N) is 3. The zero-order valence-corrected chi connectivity index (χ0v) is 12.7. The lowest BCUT2D eigenvalue weighted by Gasteiger charge is -2.16. The number of carbonyl (C=O) groups excluding carboxylic acids is 1. The van der Waals surface area contributed by atoms with E-state index in [9.17, 15) is 4.79 Å². The first-order valence-corrected chi connectivity index (χ1v) is 7.30. The van der Waals surface area contributed by atoms with Crippen LogP contribution in [0.15, 0.2) is 54.6 Å². The fourth-order valence-electron chi connectivity index (χ4n) is 2.44. The monoisotopic (exact) mass is 311 g/mol. The third-order valence-corrected chi connectivity index (χ3v) is 3.94. The van der Waals surface area contributed by atoms with Gasteiger partial charge in [-0.05, 0) is 18.6 Å². The van der Waals surface area contributed by atoms with Gasteiger partial charge in [-0.1, -0.05) is 65.3 Å². The predicted molar refractivity (Wildman–Crippen MR) is 86.1 cm³/mol. The maximum atomic E-state index is 11.3. The SMILES string of the molecule is CC(c1ccccc1)n1nnc(C=O)c1-c1ccccc1Cl. The molecule has 0 saturated heterocycles. The molecule has 0 aliphatic carbocycles. The Bertz CT molecular complexity index is 799. The first-order valence-electron chi connectivity index (χ1n) is 6.92. The number of hydrogen-bond donors (Lipinski definition) is 0. The molecule has 3 rings (SSSR count). The summed E-state index contributed by atoms with van der Waals surface area (Å²) < 4.78 is 1.74. The Labute approximate surface area is 133 Å². The second-order valence-electron chi connectivity index (χ2n) is 4.95. The molecule has 1 atom stereocenters. The van der Waals surface area contributed by atoms with Gasteiger partial charge in [0.05, 0.1) is 11.1 Å². The molecule has 0 fully saturated rings. The van der Waals surface area contributed by atoms with E-state index in [-0.39, 0.29) is 11.7 Å². The van der Waals surface area contributed by atoms with Gasteiger partial charge >= 0.3 is 0 Å². The van der Waals surface area contributed by atoms with Crippen LogP contribution >= 0.6 is 11.6 Å². The largest absolute Gasteiger partial charge is 0.296 e. The lowest BCUT2D eigenvalue weighted by molar-refractivity contribution is 0.111. The van der Waals surface area contributed by atoms with Gasteiger partial charge in [0.1, 0.15) is 5.69 Å². The second-order valence-corrected chi connectivity index (χ2v) is 5.36. The van der Waals surface area contributed by atoms with E-state index in [1.165, 1.54) is 0 Å². The third-order valence-electron chi connectivity index (χ3n) is 3.61. The van der Waals surface area contributed by atoms with Crippen molar-refractivity contribution in [3.63, 3.8) is 0 Å². The van der Waals surface area contributed by atoms with Crippen LogP contribution in [0.25, 0.3) is 11.3 Å². The summed E-state index contributed by atoms with van der Waals surface area (Å²) in [5.74, 6) is 0. The fourth-order valence-corrected chi connectivity index (χ4v) is 2.67. The minimum atomic E-state index is -0.0614. The molecule has 0 bridgehead atoms. The first kappa shape index (κ1) is 14.5. The van der Waals surface area contributed by atoms with Gasteiger partial charge < -0.3 is 0 Å². The molecule has 1 heterocycles. The summed E-state index contributed by atoms with van der Waals surface area (Å²) >= 11 is 6.28. The number of aromatic nitrogens is 3. The molecule has 0 aliphatic heterocycles. The van der Waals surface area contributed by atoms with Crippen LogP contribution in [-0.2, 0) is 0 Å². The average Bonchev–Trinajstić information content (AvgIpc) is 2.99. The molecule has 4 nitrogen and oxygen atoms in total. The van der Waals surface area contributed by atoms with E-state index in [0.717, 1.165) is 11.1 Å². The van der Waals surface area contributed by atoms with Crippen LogP contribution in [0.5, 0.6) is 0 Å². The Hall–Kier alpha value is -2.46. The maximum absolute atomic E-state index is 11.3. The van der Waals surface area contributed by atoms with Gasteiger partial charge in [0.15, 0.2) is 12.0 Å². The van der Waals surface area contributed by atoms with Crippen molar-refractivity contribution in [2.24, 2.45) is 0 Å². The fraction of sp³-hybridized carbons (Fsp3) is 0.118. The Balaban J connectivity index is 2.16. The van der Waals surface area contributed by atoms with E-state index in [4.69, 9.17) is 11.6 Å². The number of carbonyl (C=O) groups is 1. The number of rotatable bonds is 4. The van der Waals surface area contributed by atoms with Crippen molar-refractivity contribution in [1.82, 2.24) is 15.0 Å². The zero-order chi connectivity index (χ0) is 15.5. The van der Waals surface area contributed by atoms with E-state index in [1.807, 2.05) is 55.5 Å².